The Balaban J connectivity index is 1.59. The molecule has 0 radical (unpaired) electrons. The number of hydrogen-bond donors (Lipinski definition) is 4. The van der Waals surface area contributed by atoms with Crippen molar-refractivity contribution in [3.8, 4) is 0 Å². The van der Waals surface area contributed by atoms with Crippen LogP contribution in [0.15, 0.2) is 48.5 Å². The van der Waals surface area contributed by atoms with Crippen LogP contribution in [0.25, 0.3) is 10.9 Å². The summed E-state index contributed by atoms with van der Waals surface area (Å²) in [6.07, 6.45) is -1.57. The molecule has 0 aliphatic heterocycles. The van der Waals surface area contributed by atoms with Gasteiger partial charge in [-0.3, -0.25) is 14.4 Å². The number of aromatic nitrogens is 1. The molecular weight excluding hydrogens is 415 g/mol. The first-order valence-corrected chi connectivity index (χ1v) is 10.1. The Kier molecular flexibility index (Phi) is 5.67. The van der Waals surface area contributed by atoms with Crippen LogP contribution in [0.3, 0.4) is 0 Å². The molecular formula is C23H23FN4O4. The number of H-pyrrole nitrogens is 1. The number of primary amides is 1. The van der Waals surface area contributed by atoms with Crippen molar-refractivity contribution in [1.82, 2.24) is 15.2 Å². The summed E-state index contributed by atoms with van der Waals surface area (Å²) in [6.45, 7) is 0. The molecule has 2 aromatic carbocycles. The van der Waals surface area contributed by atoms with Gasteiger partial charge in [0, 0.05) is 18.0 Å². The van der Waals surface area contributed by atoms with Gasteiger partial charge in [0.2, 0.25) is 5.91 Å². The maximum Gasteiger partial charge on any atom is 0.268 e. The number of carbonyl (C=O) groups is 3. The van der Waals surface area contributed by atoms with E-state index in [2.05, 4.69) is 10.3 Å². The summed E-state index contributed by atoms with van der Waals surface area (Å²) in [5.41, 5.74) is 7.81. The number of rotatable bonds is 6. The molecule has 8 nitrogen and oxygen atoms in total. The third kappa shape index (κ3) is 4.06. The van der Waals surface area contributed by atoms with Crippen LogP contribution in [-0.4, -0.2) is 51.9 Å². The molecule has 3 aromatic rings. The molecule has 1 aliphatic rings. The van der Waals surface area contributed by atoms with Crippen molar-refractivity contribution in [2.24, 2.45) is 5.73 Å². The van der Waals surface area contributed by atoms with Gasteiger partial charge in [-0.1, -0.05) is 24.3 Å². The molecule has 1 heterocycles. The minimum Gasteiger partial charge on any atom is -0.383 e. The lowest BCUT2D eigenvalue weighted by Crippen LogP contribution is -2.48. The SMILES string of the molecule is CN(C(=O)[C@@H](O)CC(N)=O)[C@@H]1c2ccccc2C[C@H]1NC(=O)c1cc2cc(F)ccc2[nH]1. The Morgan fingerprint density at radius 2 is 2.00 bits per heavy atom. The number of hydrogen-bond acceptors (Lipinski definition) is 4. The highest BCUT2D eigenvalue weighted by molar-refractivity contribution is 5.98. The zero-order chi connectivity index (χ0) is 23.0. The van der Waals surface area contributed by atoms with E-state index < -0.39 is 48.1 Å². The highest BCUT2D eigenvalue weighted by Gasteiger charge is 2.39. The number of aliphatic hydroxyl groups excluding tert-OH is 1. The minimum atomic E-state index is -1.56. The van der Waals surface area contributed by atoms with E-state index in [4.69, 9.17) is 5.73 Å². The van der Waals surface area contributed by atoms with Crippen LogP contribution in [0.5, 0.6) is 0 Å². The summed E-state index contributed by atoms with van der Waals surface area (Å²) < 4.78 is 13.5. The summed E-state index contributed by atoms with van der Waals surface area (Å²) in [6, 6.07) is 12.2. The van der Waals surface area contributed by atoms with Gasteiger partial charge >= 0.3 is 0 Å². The predicted molar refractivity (Wildman–Crippen MR) is 115 cm³/mol. The van der Waals surface area contributed by atoms with Gasteiger partial charge < -0.3 is 26.0 Å². The number of aromatic amines is 1. The summed E-state index contributed by atoms with van der Waals surface area (Å²) in [4.78, 5) is 41.2. The van der Waals surface area contributed by atoms with E-state index in [1.165, 1.54) is 24.1 Å². The summed E-state index contributed by atoms with van der Waals surface area (Å²) in [7, 11) is 1.52. The number of carbonyl (C=O) groups excluding carboxylic acids is 3. The number of nitrogens with zero attached hydrogens (tertiary/aromatic N) is 1. The molecule has 32 heavy (non-hydrogen) atoms. The largest absolute Gasteiger partial charge is 0.383 e. The molecule has 0 saturated carbocycles. The zero-order valence-corrected chi connectivity index (χ0v) is 17.3. The van der Waals surface area contributed by atoms with Crippen LogP contribution in [-0.2, 0) is 16.0 Å². The van der Waals surface area contributed by atoms with Crippen LogP contribution < -0.4 is 11.1 Å². The smallest absolute Gasteiger partial charge is 0.268 e. The Bertz CT molecular complexity index is 1210. The fourth-order valence-corrected chi connectivity index (χ4v) is 4.30. The molecule has 0 fully saturated rings. The van der Waals surface area contributed by atoms with Crippen LogP contribution in [0.4, 0.5) is 4.39 Å². The van der Waals surface area contributed by atoms with Gasteiger partial charge in [-0.2, -0.15) is 0 Å². The highest BCUT2D eigenvalue weighted by atomic mass is 19.1. The Morgan fingerprint density at radius 3 is 2.75 bits per heavy atom. The predicted octanol–water partition coefficient (Wildman–Crippen LogP) is 1.40. The number of aliphatic hydroxyl groups is 1. The normalized spacial score (nSPS) is 18.2. The lowest BCUT2D eigenvalue weighted by molar-refractivity contribution is -0.144. The van der Waals surface area contributed by atoms with Crippen LogP contribution in [0, 0.1) is 5.82 Å². The van der Waals surface area contributed by atoms with Crippen molar-refractivity contribution in [1.29, 1.82) is 0 Å². The number of halogens is 1. The Hall–Kier alpha value is -3.72. The average molecular weight is 438 g/mol. The second kappa shape index (κ2) is 8.43. The number of amides is 3. The highest BCUT2D eigenvalue weighted by Crippen LogP contribution is 2.36. The second-order valence-electron chi connectivity index (χ2n) is 7.98. The van der Waals surface area contributed by atoms with Gasteiger partial charge in [0.1, 0.15) is 17.6 Å². The van der Waals surface area contributed by atoms with Gasteiger partial charge in [-0.25, -0.2) is 4.39 Å². The van der Waals surface area contributed by atoms with E-state index in [0.29, 0.717) is 17.3 Å². The first kappa shape index (κ1) is 21.5. The van der Waals surface area contributed by atoms with Crippen molar-refractivity contribution in [2.75, 3.05) is 7.05 Å². The van der Waals surface area contributed by atoms with Crippen LogP contribution in [0.1, 0.15) is 34.1 Å². The molecule has 9 heteroatoms. The molecule has 0 saturated heterocycles. The van der Waals surface area contributed by atoms with Crippen molar-refractivity contribution in [2.45, 2.75) is 31.0 Å². The molecule has 5 N–H and O–H groups in total. The van der Waals surface area contributed by atoms with Crippen molar-refractivity contribution < 1.29 is 23.9 Å². The summed E-state index contributed by atoms with van der Waals surface area (Å²) in [5, 5.41) is 13.6. The number of benzene rings is 2. The van der Waals surface area contributed by atoms with Crippen molar-refractivity contribution in [3.63, 3.8) is 0 Å². The second-order valence-corrected chi connectivity index (χ2v) is 7.98. The quantitative estimate of drug-likeness (QED) is 0.464. The molecule has 1 aliphatic carbocycles. The fourth-order valence-electron chi connectivity index (χ4n) is 4.30. The Morgan fingerprint density at radius 1 is 1.25 bits per heavy atom. The van der Waals surface area contributed by atoms with Crippen molar-refractivity contribution in [3.05, 3.63) is 71.2 Å². The molecule has 1 aromatic heterocycles. The van der Waals surface area contributed by atoms with E-state index in [1.807, 2.05) is 24.3 Å². The summed E-state index contributed by atoms with van der Waals surface area (Å²) in [5.74, 6) is -2.25. The van der Waals surface area contributed by atoms with Crippen molar-refractivity contribution >= 4 is 28.6 Å². The molecule has 166 valence electrons. The molecule has 0 spiro atoms. The van der Waals surface area contributed by atoms with E-state index in [0.717, 1.165) is 11.1 Å². The molecule has 0 unspecified atom stereocenters. The third-order valence-corrected chi connectivity index (χ3v) is 5.78. The molecule has 0 bridgehead atoms. The lowest BCUT2D eigenvalue weighted by atomic mass is 10.0. The van der Waals surface area contributed by atoms with E-state index in [1.54, 1.807) is 12.1 Å². The van der Waals surface area contributed by atoms with E-state index in [-0.39, 0.29) is 5.69 Å². The maximum absolute atomic E-state index is 13.5. The van der Waals surface area contributed by atoms with Crippen LogP contribution >= 0.6 is 0 Å². The average Bonchev–Trinajstić information content (AvgIpc) is 3.32. The number of fused-ring (bicyclic) bond motifs is 2. The number of nitrogens with one attached hydrogen (secondary N) is 2. The number of nitrogens with two attached hydrogens (primary N) is 1. The van der Waals surface area contributed by atoms with Gasteiger partial charge in [0.05, 0.1) is 18.5 Å². The van der Waals surface area contributed by atoms with Gasteiger partial charge in [0.15, 0.2) is 0 Å². The maximum atomic E-state index is 13.5. The number of likely N-dealkylation sites (N-methyl/N-ethyl adjacent to an activating group) is 1. The van der Waals surface area contributed by atoms with Gasteiger partial charge in [0.25, 0.3) is 11.8 Å². The molecule has 3 amide bonds. The Labute approximate surface area is 183 Å². The van der Waals surface area contributed by atoms with Gasteiger partial charge in [-0.15, -0.1) is 0 Å². The minimum absolute atomic E-state index is 0.267. The topological polar surface area (TPSA) is 129 Å². The fraction of sp³-hybridized carbons (Fsp3) is 0.261. The van der Waals surface area contributed by atoms with E-state index >= 15 is 0 Å². The summed E-state index contributed by atoms with van der Waals surface area (Å²) >= 11 is 0. The standard InChI is InChI=1S/C23H23FN4O4/c1-28(23(32)19(29)11-20(25)30)21-15-5-3-2-4-12(15)9-17(21)27-22(31)18-10-13-8-14(24)6-7-16(13)26-18/h2-8,10,17,19,21,26,29H,9,11H2,1H3,(H2,25,30)(H,27,31)/t17-,19+,21-/m1/s1. The zero-order valence-electron chi connectivity index (χ0n) is 17.3. The first-order chi connectivity index (χ1) is 15.2. The first-order valence-electron chi connectivity index (χ1n) is 10.1. The monoisotopic (exact) mass is 438 g/mol. The lowest BCUT2D eigenvalue weighted by Gasteiger charge is -2.32. The third-order valence-electron chi connectivity index (χ3n) is 5.78. The molecule has 4 rings (SSSR count). The van der Waals surface area contributed by atoms with E-state index in [9.17, 15) is 23.9 Å². The van der Waals surface area contributed by atoms with Gasteiger partial charge in [-0.05, 0) is 41.8 Å². The van der Waals surface area contributed by atoms with Crippen LogP contribution in [0.2, 0.25) is 0 Å². The molecule has 3 atom stereocenters.